The fourth-order valence-electron chi connectivity index (χ4n) is 3.23. The summed E-state index contributed by atoms with van der Waals surface area (Å²) >= 11 is 0. The van der Waals surface area contributed by atoms with Gasteiger partial charge in [0.25, 0.3) is 0 Å². The monoisotopic (exact) mass is 378 g/mol. The fraction of sp³-hybridized carbons (Fsp3) is 0.318. The first-order chi connectivity index (χ1) is 13.3. The van der Waals surface area contributed by atoms with E-state index in [1.807, 2.05) is 47.9 Å². The van der Waals surface area contributed by atoms with Crippen molar-refractivity contribution in [3.63, 3.8) is 0 Å². The normalized spacial score (nSPS) is 19.2. The lowest BCUT2D eigenvalue weighted by Gasteiger charge is -2.33. The van der Waals surface area contributed by atoms with Gasteiger partial charge in [0.2, 0.25) is 11.9 Å². The molecule has 0 saturated carbocycles. The van der Waals surface area contributed by atoms with Gasteiger partial charge in [-0.2, -0.15) is 0 Å². The van der Waals surface area contributed by atoms with Crippen molar-refractivity contribution in [1.29, 1.82) is 0 Å². The van der Waals surface area contributed by atoms with E-state index in [2.05, 4.69) is 4.98 Å². The van der Waals surface area contributed by atoms with Crippen molar-refractivity contribution in [2.75, 3.05) is 0 Å². The second-order valence-electron chi connectivity index (χ2n) is 8.06. The Morgan fingerprint density at radius 1 is 1.18 bits per heavy atom. The molecular weight excluding hydrogens is 356 g/mol. The van der Waals surface area contributed by atoms with Crippen LogP contribution in [0, 0.1) is 12.3 Å². The van der Waals surface area contributed by atoms with Gasteiger partial charge in [-0.25, -0.2) is 4.98 Å². The van der Waals surface area contributed by atoms with E-state index < -0.39 is 23.6 Å². The number of Topliss-reactive ketones (excluding diaryl/α,β-unsaturated/α-hetero) is 1. The zero-order chi connectivity index (χ0) is 20.1. The zero-order valence-corrected chi connectivity index (χ0v) is 16.3. The largest absolute Gasteiger partial charge is 0.477 e. The molecule has 2 atom stereocenters. The topological polar surface area (TPSA) is 69.9 Å². The zero-order valence-electron chi connectivity index (χ0n) is 16.3. The summed E-state index contributed by atoms with van der Waals surface area (Å²) in [6.07, 6.45) is 1.84. The van der Waals surface area contributed by atoms with Crippen LogP contribution in [0.3, 0.4) is 0 Å². The summed E-state index contributed by atoms with van der Waals surface area (Å²) in [7, 11) is 0. The van der Waals surface area contributed by atoms with Crippen LogP contribution < -0.4 is 4.74 Å². The Balaban J connectivity index is 1.84. The van der Waals surface area contributed by atoms with Crippen LogP contribution >= 0.6 is 0 Å². The number of ketones is 1. The second-order valence-corrected chi connectivity index (χ2v) is 8.06. The molecule has 0 saturated heterocycles. The first-order valence-corrected chi connectivity index (χ1v) is 9.21. The van der Waals surface area contributed by atoms with Crippen molar-refractivity contribution in [3.05, 3.63) is 65.6 Å². The van der Waals surface area contributed by atoms with Gasteiger partial charge in [-0.1, -0.05) is 30.3 Å². The lowest BCUT2D eigenvalue weighted by atomic mass is 9.92. The number of hydrogen-bond donors (Lipinski definition) is 0. The van der Waals surface area contributed by atoms with Gasteiger partial charge in [0.15, 0.2) is 17.5 Å². The summed E-state index contributed by atoms with van der Waals surface area (Å²) in [6, 6.07) is 11.0. The van der Waals surface area contributed by atoms with Gasteiger partial charge < -0.3 is 13.9 Å². The molecule has 3 aromatic rings. The molecule has 0 unspecified atom stereocenters. The molecule has 0 aliphatic carbocycles. The minimum atomic E-state index is -1.06. The summed E-state index contributed by atoms with van der Waals surface area (Å²) in [5, 5.41) is 0. The molecule has 0 fully saturated rings. The number of ether oxygens (including phenoxy) is 2. The van der Waals surface area contributed by atoms with Crippen LogP contribution in [0.25, 0.3) is 5.65 Å². The van der Waals surface area contributed by atoms with Crippen LogP contribution in [-0.4, -0.2) is 27.2 Å². The summed E-state index contributed by atoms with van der Waals surface area (Å²) < 4.78 is 13.8. The van der Waals surface area contributed by atoms with E-state index in [9.17, 15) is 9.59 Å². The van der Waals surface area contributed by atoms with Gasteiger partial charge in [0.05, 0.1) is 16.7 Å². The van der Waals surface area contributed by atoms with E-state index in [1.165, 1.54) is 0 Å². The molecule has 2 aromatic heterocycles. The van der Waals surface area contributed by atoms with E-state index in [1.54, 1.807) is 33.0 Å². The number of rotatable bonds is 2. The Morgan fingerprint density at radius 3 is 2.57 bits per heavy atom. The van der Waals surface area contributed by atoms with Crippen LogP contribution in [-0.2, 0) is 9.53 Å². The van der Waals surface area contributed by atoms with Crippen molar-refractivity contribution in [1.82, 2.24) is 9.38 Å². The van der Waals surface area contributed by atoms with Crippen molar-refractivity contribution < 1.29 is 19.1 Å². The quantitative estimate of drug-likeness (QED) is 0.632. The van der Waals surface area contributed by atoms with Crippen LogP contribution in [0.4, 0.5) is 0 Å². The number of aryl methyl sites for hydroxylation is 1. The van der Waals surface area contributed by atoms with Crippen molar-refractivity contribution in [2.24, 2.45) is 5.41 Å². The van der Waals surface area contributed by atoms with Gasteiger partial charge in [-0.3, -0.25) is 9.59 Å². The molecule has 28 heavy (non-hydrogen) atoms. The number of imidazole rings is 1. The Hall–Kier alpha value is -3.15. The van der Waals surface area contributed by atoms with Crippen LogP contribution in [0.2, 0.25) is 0 Å². The number of pyridine rings is 1. The summed E-state index contributed by atoms with van der Waals surface area (Å²) in [4.78, 5) is 30.3. The molecule has 144 valence electrons. The second kappa shape index (κ2) is 6.48. The molecule has 0 amide bonds. The number of esters is 1. The standard InChI is InChI=1S/C22H22N2O4/c1-13-12-24-11-10-15-16(25)19(28-21(26)22(2,3)4)17(14-8-6-5-7-9-14)27-18(15)20(24)23-13/h5-12,17,19H,1-4H3/t17-,19+/m1/s1. The smallest absolute Gasteiger partial charge is 0.312 e. The number of nitrogens with zero attached hydrogens (tertiary/aromatic N) is 2. The molecular formula is C22H22N2O4. The SMILES string of the molecule is Cc1cn2ccc3c(c2n1)O[C@H](c1ccccc1)[C@@H](OC(=O)C(C)(C)C)C3=O. The number of aromatic nitrogens is 2. The summed E-state index contributed by atoms with van der Waals surface area (Å²) in [5.41, 5.74) is 1.80. The number of carbonyl (C=O) groups is 2. The predicted octanol–water partition coefficient (Wildman–Crippen LogP) is 3.92. The van der Waals surface area contributed by atoms with Crippen LogP contribution in [0.1, 0.15) is 48.5 Å². The molecule has 0 bridgehead atoms. The van der Waals surface area contributed by atoms with Crippen molar-refractivity contribution >= 4 is 17.4 Å². The van der Waals surface area contributed by atoms with Gasteiger partial charge in [-0.05, 0) is 39.3 Å². The molecule has 0 spiro atoms. The lowest BCUT2D eigenvalue weighted by molar-refractivity contribution is -0.161. The van der Waals surface area contributed by atoms with Gasteiger partial charge in [0, 0.05) is 12.4 Å². The van der Waals surface area contributed by atoms with Gasteiger partial charge in [0.1, 0.15) is 0 Å². The minimum Gasteiger partial charge on any atom is -0.477 e. The van der Waals surface area contributed by atoms with Gasteiger partial charge in [-0.15, -0.1) is 0 Å². The summed E-state index contributed by atoms with van der Waals surface area (Å²) in [6.45, 7) is 7.15. The maximum Gasteiger partial charge on any atom is 0.312 e. The van der Waals surface area contributed by atoms with E-state index in [4.69, 9.17) is 9.47 Å². The third-order valence-corrected chi connectivity index (χ3v) is 4.72. The Bertz CT molecular complexity index is 1060. The Labute approximate surface area is 163 Å². The fourth-order valence-corrected chi connectivity index (χ4v) is 3.23. The van der Waals surface area contributed by atoms with Crippen molar-refractivity contribution in [3.8, 4) is 5.75 Å². The molecule has 3 heterocycles. The van der Waals surface area contributed by atoms with Crippen LogP contribution in [0.15, 0.2) is 48.8 Å². The highest BCUT2D eigenvalue weighted by Crippen LogP contribution is 2.39. The predicted molar refractivity (Wildman–Crippen MR) is 103 cm³/mol. The highest BCUT2D eigenvalue weighted by atomic mass is 16.6. The van der Waals surface area contributed by atoms with Crippen molar-refractivity contribution in [2.45, 2.75) is 39.9 Å². The Kier molecular flexibility index (Phi) is 4.22. The number of hydrogen-bond acceptors (Lipinski definition) is 5. The Morgan fingerprint density at radius 2 is 1.89 bits per heavy atom. The molecule has 6 nitrogen and oxygen atoms in total. The molecule has 1 aliphatic rings. The molecule has 6 heteroatoms. The average molecular weight is 378 g/mol. The first kappa shape index (κ1) is 18.2. The number of benzene rings is 1. The highest BCUT2D eigenvalue weighted by Gasteiger charge is 2.43. The number of carbonyl (C=O) groups excluding carboxylic acids is 2. The van der Waals surface area contributed by atoms with E-state index in [0.29, 0.717) is 17.0 Å². The lowest BCUT2D eigenvalue weighted by Crippen LogP contribution is -2.42. The molecule has 1 aromatic carbocycles. The van der Waals surface area contributed by atoms with E-state index in [0.717, 1.165) is 11.3 Å². The first-order valence-electron chi connectivity index (χ1n) is 9.21. The maximum absolute atomic E-state index is 13.3. The molecule has 0 N–H and O–H groups in total. The number of fused-ring (bicyclic) bond motifs is 3. The third kappa shape index (κ3) is 3.05. The van der Waals surface area contributed by atoms with Gasteiger partial charge >= 0.3 is 5.97 Å². The van der Waals surface area contributed by atoms with E-state index >= 15 is 0 Å². The molecule has 0 radical (unpaired) electrons. The molecule has 1 aliphatic heterocycles. The third-order valence-electron chi connectivity index (χ3n) is 4.72. The molecule has 4 rings (SSSR count). The average Bonchev–Trinajstić information content (AvgIpc) is 3.04. The van der Waals surface area contributed by atoms with E-state index in [-0.39, 0.29) is 5.78 Å². The highest BCUT2D eigenvalue weighted by molar-refractivity contribution is 6.05. The minimum absolute atomic E-state index is 0.282. The summed E-state index contributed by atoms with van der Waals surface area (Å²) in [5.74, 6) is -0.315. The maximum atomic E-state index is 13.3. The van der Waals surface area contributed by atoms with Crippen LogP contribution in [0.5, 0.6) is 5.75 Å².